The molecule has 6 nitrogen and oxygen atoms in total. The van der Waals surface area contributed by atoms with Crippen molar-refractivity contribution in [1.29, 1.82) is 0 Å². The second kappa shape index (κ2) is 10.4. The third-order valence-corrected chi connectivity index (χ3v) is 4.87. The zero-order chi connectivity index (χ0) is 17.5. The monoisotopic (exact) mass is 369 g/mol. The lowest BCUT2D eigenvalue weighted by Gasteiger charge is -2.28. The van der Waals surface area contributed by atoms with Crippen LogP contribution in [0.4, 0.5) is 5.69 Å². The number of nitrogens with zero attached hydrogens (tertiary/aromatic N) is 1. The first-order chi connectivity index (χ1) is 11.5. The predicted octanol–water partition coefficient (Wildman–Crippen LogP) is 3.61. The van der Waals surface area contributed by atoms with Gasteiger partial charge in [0.25, 0.3) is 5.69 Å². The van der Waals surface area contributed by atoms with Crippen molar-refractivity contribution in [2.75, 3.05) is 13.1 Å². The van der Waals surface area contributed by atoms with Crippen LogP contribution in [-0.2, 0) is 4.79 Å². The molecule has 2 rings (SSSR count). The summed E-state index contributed by atoms with van der Waals surface area (Å²) >= 11 is 0. The zero-order valence-corrected chi connectivity index (χ0v) is 15.7. The molecular formula is C18H28ClN3O3. The normalized spacial score (nSPS) is 19.4. The first-order valence-corrected chi connectivity index (χ1v) is 8.75. The fraction of sp³-hybridized carbons (Fsp3) is 0.611. The van der Waals surface area contributed by atoms with Crippen molar-refractivity contribution < 1.29 is 9.72 Å². The SMILES string of the molecule is CCC(NC(=O)CC(C)C1CCCNC1)c1cccc([N+](=O)[O-])c1.Cl. The molecule has 0 aromatic heterocycles. The molecule has 3 atom stereocenters. The number of nitro benzene ring substituents is 1. The van der Waals surface area contributed by atoms with Gasteiger partial charge in [-0.2, -0.15) is 0 Å². The Labute approximate surface area is 155 Å². The summed E-state index contributed by atoms with van der Waals surface area (Å²) in [7, 11) is 0. The topological polar surface area (TPSA) is 84.3 Å². The fourth-order valence-corrected chi connectivity index (χ4v) is 3.35. The molecule has 3 unspecified atom stereocenters. The number of rotatable bonds is 7. The van der Waals surface area contributed by atoms with Crippen LogP contribution < -0.4 is 10.6 Å². The van der Waals surface area contributed by atoms with E-state index in [-0.39, 0.29) is 30.0 Å². The van der Waals surface area contributed by atoms with Crippen LogP contribution in [0, 0.1) is 22.0 Å². The number of nitrogens with one attached hydrogen (secondary N) is 2. The summed E-state index contributed by atoms with van der Waals surface area (Å²) in [5.74, 6) is 0.897. The van der Waals surface area contributed by atoms with Crippen LogP contribution in [0.15, 0.2) is 24.3 Å². The molecule has 0 aliphatic carbocycles. The van der Waals surface area contributed by atoms with Crippen molar-refractivity contribution in [2.45, 2.75) is 45.6 Å². The molecule has 1 aromatic carbocycles. The molecular weight excluding hydrogens is 342 g/mol. The van der Waals surface area contributed by atoms with E-state index in [1.165, 1.54) is 18.9 Å². The van der Waals surface area contributed by atoms with Crippen molar-refractivity contribution in [3.05, 3.63) is 39.9 Å². The lowest BCUT2D eigenvalue weighted by molar-refractivity contribution is -0.384. The maximum absolute atomic E-state index is 12.4. The lowest BCUT2D eigenvalue weighted by Crippen LogP contribution is -2.36. The average molecular weight is 370 g/mol. The van der Waals surface area contributed by atoms with E-state index in [2.05, 4.69) is 17.6 Å². The second-order valence-electron chi connectivity index (χ2n) is 6.67. The van der Waals surface area contributed by atoms with E-state index in [0.29, 0.717) is 24.7 Å². The van der Waals surface area contributed by atoms with Gasteiger partial charge in [0.15, 0.2) is 0 Å². The van der Waals surface area contributed by atoms with Crippen molar-refractivity contribution in [3.63, 3.8) is 0 Å². The summed E-state index contributed by atoms with van der Waals surface area (Å²) in [6.07, 6.45) is 3.54. The maximum atomic E-state index is 12.4. The minimum Gasteiger partial charge on any atom is -0.349 e. The fourth-order valence-electron chi connectivity index (χ4n) is 3.35. The van der Waals surface area contributed by atoms with Crippen LogP contribution in [0.1, 0.15) is 51.1 Å². The Hall–Kier alpha value is -1.66. The van der Waals surface area contributed by atoms with Crippen LogP contribution >= 0.6 is 12.4 Å². The van der Waals surface area contributed by atoms with Gasteiger partial charge in [-0.15, -0.1) is 12.4 Å². The molecule has 1 amide bonds. The molecule has 25 heavy (non-hydrogen) atoms. The van der Waals surface area contributed by atoms with Crippen molar-refractivity contribution in [1.82, 2.24) is 10.6 Å². The highest BCUT2D eigenvalue weighted by Crippen LogP contribution is 2.24. The van der Waals surface area contributed by atoms with Gasteiger partial charge in [-0.1, -0.05) is 26.0 Å². The molecule has 7 heteroatoms. The number of carbonyl (C=O) groups excluding carboxylic acids is 1. The number of amides is 1. The van der Waals surface area contributed by atoms with Crippen LogP contribution in [0.25, 0.3) is 0 Å². The molecule has 2 N–H and O–H groups in total. The van der Waals surface area contributed by atoms with E-state index in [1.807, 2.05) is 13.0 Å². The Kier molecular flexibility index (Phi) is 8.86. The second-order valence-corrected chi connectivity index (χ2v) is 6.67. The Balaban J connectivity index is 0.00000312. The Morgan fingerprint density at radius 3 is 2.84 bits per heavy atom. The molecule has 1 fully saturated rings. The molecule has 1 saturated heterocycles. The lowest BCUT2D eigenvalue weighted by atomic mass is 9.85. The molecule has 0 saturated carbocycles. The highest BCUT2D eigenvalue weighted by Gasteiger charge is 2.23. The molecule has 140 valence electrons. The standard InChI is InChI=1S/C18H27N3O3.ClH/c1-3-17(14-6-4-8-16(11-14)21(23)24)20-18(22)10-13(2)15-7-5-9-19-12-15;/h4,6,8,11,13,15,17,19H,3,5,7,9-10,12H2,1-2H3,(H,20,22);1H. The number of nitro groups is 1. The third kappa shape index (κ3) is 6.29. The molecule has 0 bridgehead atoms. The molecule has 1 aliphatic rings. The van der Waals surface area contributed by atoms with Crippen LogP contribution in [0.2, 0.25) is 0 Å². The smallest absolute Gasteiger partial charge is 0.269 e. The summed E-state index contributed by atoms with van der Waals surface area (Å²) < 4.78 is 0. The van der Waals surface area contributed by atoms with Crippen LogP contribution in [0.3, 0.4) is 0 Å². The zero-order valence-electron chi connectivity index (χ0n) is 14.9. The quantitative estimate of drug-likeness (QED) is 0.568. The number of carbonyl (C=O) groups is 1. The molecule has 0 radical (unpaired) electrons. The van der Waals surface area contributed by atoms with E-state index in [0.717, 1.165) is 18.7 Å². The summed E-state index contributed by atoms with van der Waals surface area (Å²) in [5.41, 5.74) is 0.842. The van der Waals surface area contributed by atoms with E-state index in [1.54, 1.807) is 12.1 Å². The first-order valence-electron chi connectivity index (χ1n) is 8.75. The van der Waals surface area contributed by atoms with Crippen LogP contribution in [-0.4, -0.2) is 23.9 Å². The minimum absolute atomic E-state index is 0. The number of benzene rings is 1. The van der Waals surface area contributed by atoms with Gasteiger partial charge in [0.05, 0.1) is 11.0 Å². The maximum Gasteiger partial charge on any atom is 0.269 e. The van der Waals surface area contributed by atoms with E-state index in [9.17, 15) is 14.9 Å². The van der Waals surface area contributed by atoms with E-state index in [4.69, 9.17) is 0 Å². The summed E-state index contributed by atoms with van der Waals surface area (Å²) in [4.78, 5) is 22.9. The van der Waals surface area contributed by atoms with Gasteiger partial charge in [-0.05, 0) is 49.8 Å². The van der Waals surface area contributed by atoms with Gasteiger partial charge in [0.2, 0.25) is 5.91 Å². The first kappa shape index (κ1) is 21.4. The molecule has 1 aromatic rings. The number of non-ortho nitro benzene ring substituents is 1. The highest BCUT2D eigenvalue weighted by atomic mass is 35.5. The average Bonchev–Trinajstić information content (AvgIpc) is 2.60. The van der Waals surface area contributed by atoms with Crippen LogP contribution in [0.5, 0.6) is 0 Å². The van der Waals surface area contributed by atoms with E-state index < -0.39 is 4.92 Å². The van der Waals surface area contributed by atoms with Crippen molar-refractivity contribution >= 4 is 24.0 Å². The number of hydrogen-bond acceptors (Lipinski definition) is 4. The Morgan fingerprint density at radius 2 is 2.24 bits per heavy atom. The number of halogens is 1. The van der Waals surface area contributed by atoms with Gasteiger partial charge < -0.3 is 10.6 Å². The van der Waals surface area contributed by atoms with Gasteiger partial charge >= 0.3 is 0 Å². The van der Waals surface area contributed by atoms with Gasteiger partial charge in [0, 0.05) is 18.6 Å². The number of hydrogen-bond donors (Lipinski definition) is 2. The number of piperidine rings is 1. The van der Waals surface area contributed by atoms with Gasteiger partial charge in [-0.25, -0.2) is 0 Å². The summed E-state index contributed by atoms with van der Waals surface area (Å²) in [5, 5.41) is 17.3. The largest absolute Gasteiger partial charge is 0.349 e. The van der Waals surface area contributed by atoms with E-state index >= 15 is 0 Å². The van der Waals surface area contributed by atoms with Gasteiger partial charge in [0.1, 0.15) is 0 Å². The Morgan fingerprint density at radius 1 is 1.48 bits per heavy atom. The van der Waals surface area contributed by atoms with Crippen molar-refractivity contribution in [3.8, 4) is 0 Å². The van der Waals surface area contributed by atoms with Crippen molar-refractivity contribution in [2.24, 2.45) is 11.8 Å². The minimum atomic E-state index is -0.407. The Bertz CT molecular complexity index is 576. The summed E-state index contributed by atoms with van der Waals surface area (Å²) in [6.45, 7) is 6.15. The molecule has 0 spiro atoms. The highest BCUT2D eigenvalue weighted by molar-refractivity contribution is 5.85. The molecule has 1 aliphatic heterocycles. The predicted molar refractivity (Wildman–Crippen MR) is 101 cm³/mol. The third-order valence-electron chi connectivity index (χ3n) is 4.87. The summed E-state index contributed by atoms with van der Waals surface area (Å²) in [6, 6.07) is 6.32. The van der Waals surface area contributed by atoms with Gasteiger partial charge in [-0.3, -0.25) is 14.9 Å². The molecule has 1 heterocycles.